The summed E-state index contributed by atoms with van der Waals surface area (Å²) in [7, 11) is 3.03. The second kappa shape index (κ2) is 8.89. The lowest BCUT2D eigenvalue weighted by molar-refractivity contribution is -0.129. The highest BCUT2D eigenvalue weighted by molar-refractivity contribution is 8.18. The first kappa shape index (κ1) is 20.6. The van der Waals surface area contributed by atoms with E-state index in [0.717, 1.165) is 16.7 Å². The van der Waals surface area contributed by atoms with Crippen LogP contribution in [0.3, 0.4) is 0 Å². The molecule has 1 aromatic carbocycles. The topological polar surface area (TPSA) is 105 Å². The van der Waals surface area contributed by atoms with Crippen LogP contribution in [0.1, 0.15) is 5.56 Å². The number of amides is 3. The lowest BCUT2D eigenvalue weighted by Gasteiger charge is -2.18. The molecule has 0 radical (unpaired) electrons. The Morgan fingerprint density at radius 3 is 2.75 bits per heavy atom. The minimum absolute atomic E-state index is 0.206. The van der Waals surface area contributed by atoms with Crippen LogP contribution >= 0.6 is 23.5 Å². The second-order valence-electron chi connectivity index (χ2n) is 6.15. The highest BCUT2D eigenvalue weighted by atomic mass is 32.2. The molecule has 2 N–H and O–H groups in total. The van der Waals surface area contributed by atoms with Gasteiger partial charge in [-0.25, -0.2) is 0 Å². The van der Waals surface area contributed by atoms with Crippen molar-refractivity contribution in [2.45, 2.75) is 12.1 Å². The Labute approximate surface area is 170 Å². The molecule has 28 heavy (non-hydrogen) atoms. The average Bonchev–Trinajstić information content (AvgIpc) is 3.19. The van der Waals surface area contributed by atoms with Crippen LogP contribution in [0, 0.1) is 0 Å². The standard InChI is InChI=1S/C18H20N2O6S2/c1-25-11-4-3-10(14(6-11)26-2)5-15-17(23)20(18(24)28-15)7-16(22)19-12-8-27-9-13(12)21/h3-6,12-13,21H,7-9H2,1-2H3,(H,19,22)/b15-5-. The first-order chi connectivity index (χ1) is 13.4. The molecule has 0 saturated carbocycles. The molecule has 150 valence electrons. The molecule has 2 aliphatic rings. The molecule has 0 spiro atoms. The number of aliphatic hydroxyl groups is 1. The lowest BCUT2D eigenvalue weighted by atomic mass is 10.1. The molecule has 8 nitrogen and oxygen atoms in total. The Hall–Kier alpha value is -2.17. The van der Waals surface area contributed by atoms with Crippen LogP contribution in [0.5, 0.6) is 11.5 Å². The minimum atomic E-state index is -0.619. The molecule has 0 aromatic heterocycles. The van der Waals surface area contributed by atoms with Gasteiger partial charge in [0.1, 0.15) is 18.0 Å². The summed E-state index contributed by atoms with van der Waals surface area (Å²) < 4.78 is 10.4. The molecule has 0 aliphatic carbocycles. The summed E-state index contributed by atoms with van der Waals surface area (Å²) in [5.41, 5.74) is 0.615. The third-order valence-corrected chi connectivity index (χ3v) is 6.38. The number of imide groups is 1. The Balaban J connectivity index is 1.71. The zero-order chi connectivity index (χ0) is 20.3. The summed E-state index contributed by atoms with van der Waals surface area (Å²) in [6, 6.07) is 4.75. The fourth-order valence-electron chi connectivity index (χ4n) is 2.79. The molecule has 10 heteroatoms. The van der Waals surface area contributed by atoms with Crippen LogP contribution in [-0.4, -0.2) is 71.5 Å². The Morgan fingerprint density at radius 2 is 2.11 bits per heavy atom. The molecule has 2 atom stereocenters. The van der Waals surface area contributed by atoms with Gasteiger partial charge in [-0.15, -0.1) is 0 Å². The number of carbonyl (C=O) groups excluding carboxylic acids is 3. The van der Waals surface area contributed by atoms with Crippen LogP contribution in [0.2, 0.25) is 0 Å². The number of benzene rings is 1. The number of hydrogen-bond donors (Lipinski definition) is 2. The largest absolute Gasteiger partial charge is 0.497 e. The molecule has 2 aliphatic heterocycles. The predicted molar refractivity (Wildman–Crippen MR) is 107 cm³/mol. The number of nitrogens with one attached hydrogen (secondary N) is 1. The maximum Gasteiger partial charge on any atom is 0.294 e. The summed E-state index contributed by atoms with van der Waals surface area (Å²) in [5, 5.41) is 11.9. The monoisotopic (exact) mass is 424 g/mol. The highest BCUT2D eigenvalue weighted by Crippen LogP contribution is 2.34. The maximum atomic E-state index is 12.6. The van der Waals surface area contributed by atoms with Gasteiger partial charge < -0.3 is 19.9 Å². The van der Waals surface area contributed by atoms with Crippen LogP contribution in [0.25, 0.3) is 6.08 Å². The zero-order valence-corrected chi connectivity index (χ0v) is 17.0. The number of aliphatic hydroxyl groups excluding tert-OH is 1. The zero-order valence-electron chi connectivity index (χ0n) is 15.3. The van der Waals surface area contributed by atoms with Gasteiger partial charge in [0.05, 0.1) is 31.3 Å². The molecule has 3 amide bonds. The predicted octanol–water partition coefficient (Wildman–Crippen LogP) is 1.33. The van der Waals surface area contributed by atoms with Crippen molar-refractivity contribution in [3.05, 3.63) is 28.7 Å². The van der Waals surface area contributed by atoms with Crippen molar-refractivity contribution in [2.75, 3.05) is 32.3 Å². The minimum Gasteiger partial charge on any atom is -0.497 e. The fourth-order valence-corrected chi connectivity index (χ4v) is 4.79. The van der Waals surface area contributed by atoms with Gasteiger partial charge in [0.2, 0.25) is 5.91 Å². The van der Waals surface area contributed by atoms with E-state index in [0.29, 0.717) is 28.6 Å². The van der Waals surface area contributed by atoms with E-state index in [4.69, 9.17) is 9.47 Å². The molecule has 1 aromatic rings. The Kier molecular flexibility index (Phi) is 6.53. The van der Waals surface area contributed by atoms with Gasteiger partial charge in [0, 0.05) is 23.1 Å². The smallest absolute Gasteiger partial charge is 0.294 e. The van der Waals surface area contributed by atoms with Crippen molar-refractivity contribution in [1.82, 2.24) is 10.2 Å². The number of rotatable bonds is 6. The highest BCUT2D eigenvalue weighted by Gasteiger charge is 2.37. The van der Waals surface area contributed by atoms with Gasteiger partial charge in [0.15, 0.2) is 0 Å². The van der Waals surface area contributed by atoms with E-state index < -0.39 is 23.2 Å². The first-order valence-electron chi connectivity index (χ1n) is 8.45. The van der Waals surface area contributed by atoms with E-state index in [1.54, 1.807) is 24.3 Å². The van der Waals surface area contributed by atoms with E-state index in [9.17, 15) is 19.5 Å². The van der Waals surface area contributed by atoms with E-state index in [-0.39, 0.29) is 17.5 Å². The Morgan fingerprint density at radius 1 is 1.32 bits per heavy atom. The van der Waals surface area contributed by atoms with E-state index in [1.165, 1.54) is 26.0 Å². The molecule has 2 unspecified atom stereocenters. The third kappa shape index (κ3) is 4.45. The number of carbonyl (C=O) groups is 3. The molecular formula is C18H20N2O6S2. The molecule has 2 fully saturated rings. The number of nitrogens with zero attached hydrogens (tertiary/aromatic N) is 1. The van der Waals surface area contributed by atoms with Crippen LogP contribution in [0.15, 0.2) is 23.1 Å². The quantitative estimate of drug-likeness (QED) is 0.659. The van der Waals surface area contributed by atoms with E-state index >= 15 is 0 Å². The summed E-state index contributed by atoms with van der Waals surface area (Å²) in [4.78, 5) is 38.1. The number of hydrogen-bond acceptors (Lipinski definition) is 8. The summed E-state index contributed by atoms with van der Waals surface area (Å²) in [6.45, 7) is -0.379. The van der Waals surface area contributed by atoms with E-state index in [1.807, 2.05) is 0 Å². The van der Waals surface area contributed by atoms with Crippen molar-refractivity contribution in [3.63, 3.8) is 0 Å². The lowest BCUT2D eigenvalue weighted by Crippen LogP contribution is -2.47. The molecule has 0 bridgehead atoms. The number of ether oxygens (including phenoxy) is 2. The van der Waals surface area contributed by atoms with Gasteiger partial charge >= 0.3 is 0 Å². The van der Waals surface area contributed by atoms with Gasteiger partial charge in [-0.1, -0.05) is 0 Å². The van der Waals surface area contributed by atoms with Crippen LogP contribution < -0.4 is 14.8 Å². The number of methoxy groups -OCH3 is 2. The average molecular weight is 425 g/mol. The molecule has 2 saturated heterocycles. The first-order valence-corrected chi connectivity index (χ1v) is 10.4. The summed E-state index contributed by atoms with van der Waals surface area (Å²) in [6.07, 6.45) is 0.935. The van der Waals surface area contributed by atoms with Crippen LogP contribution in [0.4, 0.5) is 4.79 Å². The summed E-state index contributed by atoms with van der Waals surface area (Å²) in [5.74, 6) is 1.24. The van der Waals surface area contributed by atoms with Gasteiger partial charge in [-0.3, -0.25) is 19.3 Å². The van der Waals surface area contributed by atoms with Crippen molar-refractivity contribution < 1.29 is 29.0 Å². The van der Waals surface area contributed by atoms with Crippen molar-refractivity contribution in [3.8, 4) is 11.5 Å². The van der Waals surface area contributed by atoms with Crippen molar-refractivity contribution >= 4 is 46.7 Å². The molecule has 3 rings (SSSR count). The van der Waals surface area contributed by atoms with Gasteiger partial charge in [0.25, 0.3) is 11.1 Å². The molecule has 2 heterocycles. The normalized spacial score (nSPS) is 23.4. The third-order valence-electron chi connectivity index (χ3n) is 4.30. The SMILES string of the molecule is COc1ccc(/C=C2\SC(=O)N(CC(=O)NC3CSCC3O)C2=O)c(OC)c1. The van der Waals surface area contributed by atoms with Gasteiger partial charge in [-0.05, 0) is 30.0 Å². The second-order valence-corrected chi connectivity index (χ2v) is 8.22. The maximum absolute atomic E-state index is 12.6. The summed E-state index contributed by atoms with van der Waals surface area (Å²) >= 11 is 2.31. The Bertz CT molecular complexity index is 828. The van der Waals surface area contributed by atoms with Crippen molar-refractivity contribution in [2.24, 2.45) is 0 Å². The van der Waals surface area contributed by atoms with Gasteiger partial charge in [-0.2, -0.15) is 11.8 Å². The number of thioether (sulfide) groups is 2. The fraction of sp³-hybridized carbons (Fsp3) is 0.389. The van der Waals surface area contributed by atoms with E-state index in [2.05, 4.69) is 5.32 Å². The van der Waals surface area contributed by atoms with Crippen molar-refractivity contribution in [1.29, 1.82) is 0 Å². The van der Waals surface area contributed by atoms with Crippen LogP contribution in [-0.2, 0) is 9.59 Å². The molecular weight excluding hydrogens is 404 g/mol.